The van der Waals surface area contributed by atoms with Crippen molar-refractivity contribution in [2.24, 2.45) is 0 Å². The standard InChI is InChI=1S/C21H32N4O/c1-5-24(6-2)21(26)20-14-16-13-18(7-8-19(16)23-20)22-17-9-11-25(12-10-17)15(3)4/h7-8,13-15,17,22-23H,5-6,9-12H2,1-4H3. The monoisotopic (exact) mass is 356 g/mol. The van der Waals surface area contributed by atoms with Crippen LogP contribution in [0.4, 0.5) is 5.69 Å². The molecule has 26 heavy (non-hydrogen) atoms. The number of carbonyl (C=O) groups is 1. The average molecular weight is 357 g/mol. The van der Waals surface area contributed by atoms with Crippen molar-refractivity contribution >= 4 is 22.5 Å². The number of nitrogens with one attached hydrogen (secondary N) is 2. The number of carbonyl (C=O) groups excluding carboxylic acids is 1. The number of nitrogens with zero attached hydrogens (tertiary/aromatic N) is 2. The number of amides is 1. The summed E-state index contributed by atoms with van der Waals surface area (Å²) in [5.74, 6) is 0.0711. The van der Waals surface area contributed by atoms with Crippen LogP contribution in [0.5, 0.6) is 0 Å². The number of H-pyrrole nitrogens is 1. The third-order valence-corrected chi connectivity index (χ3v) is 5.53. The van der Waals surface area contributed by atoms with Crippen molar-refractivity contribution in [3.8, 4) is 0 Å². The maximum absolute atomic E-state index is 12.5. The van der Waals surface area contributed by atoms with Crippen LogP contribution in [0.1, 0.15) is 51.0 Å². The van der Waals surface area contributed by atoms with Crippen molar-refractivity contribution in [3.05, 3.63) is 30.0 Å². The first-order chi connectivity index (χ1) is 12.5. The molecule has 1 amide bonds. The number of aromatic nitrogens is 1. The summed E-state index contributed by atoms with van der Waals surface area (Å²) in [6.07, 6.45) is 2.35. The molecule has 5 heteroatoms. The first kappa shape index (κ1) is 18.8. The number of hydrogen-bond donors (Lipinski definition) is 2. The normalized spacial score (nSPS) is 16.3. The molecule has 1 saturated heterocycles. The van der Waals surface area contributed by atoms with Crippen LogP contribution in [0.25, 0.3) is 10.9 Å². The number of piperidine rings is 1. The molecular weight excluding hydrogens is 324 g/mol. The first-order valence-corrected chi connectivity index (χ1v) is 9.94. The second-order valence-corrected chi connectivity index (χ2v) is 7.51. The summed E-state index contributed by atoms with van der Waals surface area (Å²) in [6, 6.07) is 9.47. The van der Waals surface area contributed by atoms with E-state index in [0.717, 1.165) is 42.8 Å². The van der Waals surface area contributed by atoms with E-state index >= 15 is 0 Å². The van der Waals surface area contributed by atoms with Gasteiger partial charge in [-0.3, -0.25) is 4.79 Å². The number of likely N-dealkylation sites (tertiary alicyclic amines) is 1. The van der Waals surface area contributed by atoms with Gasteiger partial charge in [-0.2, -0.15) is 0 Å². The van der Waals surface area contributed by atoms with Crippen LogP contribution in [0, 0.1) is 0 Å². The van der Waals surface area contributed by atoms with E-state index in [0.29, 0.717) is 17.8 Å². The quantitative estimate of drug-likeness (QED) is 0.824. The molecule has 0 aliphatic carbocycles. The van der Waals surface area contributed by atoms with E-state index in [4.69, 9.17) is 0 Å². The van der Waals surface area contributed by atoms with Crippen molar-refractivity contribution in [2.45, 2.75) is 52.6 Å². The summed E-state index contributed by atoms with van der Waals surface area (Å²) in [4.78, 5) is 20.2. The van der Waals surface area contributed by atoms with Gasteiger partial charge in [0.05, 0.1) is 0 Å². The number of fused-ring (bicyclic) bond motifs is 1. The van der Waals surface area contributed by atoms with Crippen molar-refractivity contribution in [2.75, 3.05) is 31.5 Å². The van der Waals surface area contributed by atoms with Crippen LogP contribution < -0.4 is 5.32 Å². The topological polar surface area (TPSA) is 51.4 Å². The second-order valence-electron chi connectivity index (χ2n) is 7.51. The lowest BCUT2D eigenvalue weighted by molar-refractivity contribution is 0.0768. The molecule has 0 bridgehead atoms. The molecule has 3 rings (SSSR count). The highest BCUT2D eigenvalue weighted by Crippen LogP contribution is 2.23. The van der Waals surface area contributed by atoms with Crippen molar-refractivity contribution in [1.29, 1.82) is 0 Å². The molecule has 142 valence electrons. The fraction of sp³-hybridized carbons (Fsp3) is 0.571. The van der Waals surface area contributed by atoms with E-state index < -0.39 is 0 Å². The van der Waals surface area contributed by atoms with Crippen LogP contribution in [0.3, 0.4) is 0 Å². The zero-order valence-electron chi connectivity index (χ0n) is 16.5. The Bertz CT molecular complexity index is 740. The average Bonchev–Trinajstić information content (AvgIpc) is 3.06. The van der Waals surface area contributed by atoms with E-state index in [1.165, 1.54) is 12.8 Å². The fourth-order valence-corrected chi connectivity index (χ4v) is 3.81. The highest BCUT2D eigenvalue weighted by Gasteiger charge is 2.21. The third-order valence-electron chi connectivity index (χ3n) is 5.53. The van der Waals surface area contributed by atoms with Gasteiger partial charge in [-0.05, 0) is 64.8 Å². The van der Waals surface area contributed by atoms with E-state index in [1.807, 2.05) is 24.8 Å². The Kier molecular flexibility index (Phi) is 5.87. The van der Waals surface area contributed by atoms with Gasteiger partial charge >= 0.3 is 0 Å². The van der Waals surface area contributed by atoms with E-state index in [-0.39, 0.29) is 5.91 Å². The molecule has 1 aromatic heterocycles. The zero-order valence-corrected chi connectivity index (χ0v) is 16.5. The summed E-state index contributed by atoms with van der Waals surface area (Å²) in [5.41, 5.74) is 2.83. The van der Waals surface area contributed by atoms with Crippen molar-refractivity contribution in [1.82, 2.24) is 14.8 Å². The molecule has 1 aliphatic rings. The van der Waals surface area contributed by atoms with Crippen LogP contribution >= 0.6 is 0 Å². The maximum Gasteiger partial charge on any atom is 0.270 e. The molecular formula is C21H32N4O. The SMILES string of the molecule is CCN(CC)C(=O)c1cc2cc(NC3CCN(C(C)C)CC3)ccc2[nH]1. The summed E-state index contributed by atoms with van der Waals surface area (Å²) in [7, 11) is 0. The highest BCUT2D eigenvalue weighted by molar-refractivity contribution is 5.98. The molecule has 2 N–H and O–H groups in total. The summed E-state index contributed by atoms with van der Waals surface area (Å²) < 4.78 is 0. The van der Waals surface area contributed by atoms with Crippen molar-refractivity contribution < 1.29 is 4.79 Å². The fourth-order valence-electron chi connectivity index (χ4n) is 3.81. The van der Waals surface area contributed by atoms with Gasteiger partial charge in [0.2, 0.25) is 0 Å². The summed E-state index contributed by atoms with van der Waals surface area (Å²) in [6.45, 7) is 12.3. The van der Waals surface area contributed by atoms with Crippen LogP contribution in [-0.2, 0) is 0 Å². The molecule has 0 unspecified atom stereocenters. The predicted octanol–water partition coefficient (Wildman–Crippen LogP) is 3.93. The summed E-state index contributed by atoms with van der Waals surface area (Å²) in [5, 5.41) is 4.77. The molecule has 1 aromatic carbocycles. The molecule has 2 heterocycles. The van der Waals surface area contributed by atoms with Gasteiger partial charge in [-0.25, -0.2) is 0 Å². The highest BCUT2D eigenvalue weighted by atomic mass is 16.2. The number of anilines is 1. The largest absolute Gasteiger partial charge is 0.382 e. The van der Waals surface area contributed by atoms with Gasteiger partial charge in [0.15, 0.2) is 0 Å². The Balaban J connectivity index is 1.69. The molecule has 2 aromatic rings. The zero-order chi connectivity index (χ0) is 18.7. The number of aromatic amines is 1. The second kappa shape index (κ2) is 8.12. The van der Waals surface area contributed by atoms with Crippen molar-refractivity contribution in [3.63, 3.8) is 0 Å². The number of benzene rings is 1. The Hall–Kier alpha value is -2.01. The lowest BCUT2D eigenvalue weighted by Gasteiger charge is -2.35. The Labute approximate surface area is 156 Å². The number of hydrogen-bond acceptors (Lipinski definition) is 3. The van der Waals surface area contributed by atoms with Gasteiger partial charge < -0.3 is 20.1 Å². The molecule has 0 spiro atoms. The smallest absolute Gasteiger partial charge is 0.270 e. The van der Waals surface area contributed by atoms with Gasteiger partial charge in [-0.15, -0.1) is 0 Å². The van der Waals surface area contributed by atoms with Gasteiger partial charge in [0.1, 0.15) is 5.69 Å². The Morgan fingerprint density at radius 2 is 1.92 bits per heavy atom. The summed E-state index contributed by atoms with van der Waals surface area (Å²) >= 11 is 0. The molecule has 0 saturated carbocycles. The minimum absolute atomic E-state index is 0.0711. The van der Waals surface area contributed by atoms with Gasteiger partial charge in [-0.1, -0.05) is 0 Å². The minimum atomic E-state index is 0.0711. The molecule has 5 nitrogen and oxygen atoms in total. The van der Waals surface area contributed by atoms with Crippen LogP contribution in [-0.4, -0.2) is 59.0 Å². The first-order valence-electron chi connectivity index (χ1n) is 9.94. The molecule has 0 radical (unpaired) electrons. The molecule has 1 aliphatic heterocycles. The minimum Gasteiger partial charge on any atom is -0.382 e. The molecule has 0 atom stereocenters. The Morgan fingerprint density at radius 3 is 2.54 bits per heavy atom. The lowest BCUT2D eigenvalue weighted by atomic mass is 10.0. The Morgan fingerprint density at radius 1 is 1.23 bits per heavy atom. The molecule has 1 fully saturated rings. The van der Waals surface area contributed by atoms with E-state index in [1.54, 1.807) is 0 Å². The number of rotatable bonds is 6. The van der Waals surface area contributed by atoms with Gasteiger partial charge in [0, 0.05) is 54.9 Å². The maximum atomic E-state index is 12.5. The lowest BCUT2D eigenvalue weighted by Crippen LogP contribution is -2.42. The van der Waals surface area contributed by atoms with E-state index in [9.17, 15) is 4.79 Å². The van der Waals surface area contributed by atoms with Crippen LogP contribution in [0.15, 0.2) is 24.3 Å². The predicted molar refractivity (Wildman–Crippen MR) is 109 cm³/mol. The van der Waals surface area contributed by atoms with Crippen LogP contribution in [0.2, 0.25) is 0 Å². The third kappa shape index (κ3) is 4.04. The van der Waals surface area contributed by atoms with Gasteiger partial charge in [0.25, 0.3) is 5.91 Å². The van der Waals surface area contributed by atoms with E-state index in [2.05, 4.69) is 47.2 Å².